The van der Waals surface area contributed by atoms with Crippen molar-refractivity contribution >= 4 is 27.5 Å². The van der Waals surface area contributed by atoms with Gasteiger partial charge in [0.15, 0.2) is 0 Å². The van der Waals surface area contributed by atoms with Crippen LogP contribution in [-0.4, -0.2) is 32.3 Å². The number of aryl methyl sites for hydroxylation is 1. The fourth-order valence-electron chi connectivity index (χ4n) is 1.60. The Hall–Kier alpha value is -1.18. The molecule has 0 radical (unpaired) electrons. The number of nitrogens with one attached hydrogen (secondary N) is 1. The lowest BCUT2D eigenvalue weighted by atomic mass is 10.1. The largest absolute Gasteiger partial charge is 0.468 e. The zero-order chi connectivity index (χ0) is 14.1. The summed E-state index contributed by atoms with van der Waals surface area (Å²) in [7, 11) is -3.76. The Bertz CT molecular complexity index is 582. The summed E-state index contributed by atoms with van der Waals surface area (Å²) in [6, 6.07) is 6.50. The van der Waals surface area contributed by atoms with Gasteiger partial charge in [-0.25, -0.2) is 0 Å². The smallest absolute Gasteiger partial charge is 0.297 e. The highest BCUT2D eigenvalue weighted by Gasteiger charge is 2.35. The molecule has 1 aromatic rings. The van der Waals surface area contributed by atoms with E-state index in [9.17, 15) is 8.42 Å². The quantitative estimate of drug-likeness (QED) is 0.669. The fourth-order valence-corrected chi connectivity index (χ4v) is 2.93. The van der Waals surface area contributed by atoms with E-state index in [4.69, 9.17) is 21.1 Å². The molecule has 0 spiro atoms. The van der Waals surface area contributed by atoms with Gasteiger partial charge in [-0.3, -0.25) is 4.18 Å². The molecule has 1 fully saturated rings. The number of benzene rings is 1. The van der Waals surface area contributed by atoms with Crippen LogP contribution >= 0.6 is 12.2 Å². The first-order chi connectivity index (χ1) is 8.81. The number of rotatable bonds is 4. The molecule has 0 amide bonds. The molecule has 19 heavy (non-hydrogen) atoms. The van der Waals surface area contributed by atoms with Crippen molar-refractivity contribution in [1.29, 1.82) is 0 Å². The summed E-state index contributed by atoms with van der Waals surface area (Å²) in [5, 5.41) is 3.15. The van der Waals surface area contributed by atoms with Crippen molar-refractivity contribution in [3.05, 3.63) is 29.8 Å². The van der Waals surface area contributed by atoms with Crippen molar-refractivity contribution in [2.75, 3.05) is 13.2 Å². The van der Waals surface area contributed by atoms with Gasteiger partial charge in [-0.2, -0.15) is 8.42 Å². The topological polar surface area (TPSA) is 64.6 Å². The molecule has 2 rings (SSSR count). The number of hydrogen-bond donors (Lipinski definition) is 1. The molecule has 7 heteroatoms. The van der Waals surface area contributed by atoms with Gasteiger partial charge in [0.2, 0.25) is 0 Å². The van der Waals surface area contributed by atoms with E-state index in [1.165, 1.54) is 12.1 Å². The Morgan fingerprint density at radius 2 is 2.05 bits per heavy atom. The molecule has 1 aliphatic heterocycles. The lowest BCUT2D eigenvalue weighted by Gasteiger charge is -2.20. The minimum Gasteiger partial charge on any atom is -0.468 e. The zero-order valence-electron chi connectivity index (χ0n) is 10.7. The van der Waals surface area contributed by atoms with E-state index in [-0.39, 0.29) is 23.3 Å². The average Bonchev–Trinajstić information content (AvgIpc) is 2.68. The summed E-state index contributed by atoms with van der Waals surface area (Å²) in [5.74, 6) is 0. The van der Waals surface area contributed by atoms with E-state index in [0.29, 0.717) is 0 Å². The lowest BCUT2D eigenvalue weighted by Crippen LogP contribution is -2.45. The van der Waals surface area contributed by atoms with Gasteiger partial charge >= 0.3 is 0 Å². The number of ether oxygens (including phenoxy) is 1. The van der Waals surface area contributed by atoms with Crippen LogP contribution in [0.25, 0.3) is 0 Å². The van der Waals surface area contributed by atoms with Crippen molar-refractivity contribution in [3.8, 4) is 0 Å². The van der Waals surface area contributed by atoms with Gasteiger partial charge in [0.25, 0.3) is 15.3 Å². The van der Waals surface area contributed by atoms with Crippen LogP contribution in [0, 0.1) is 6.92 Å². The number of hydrogen-bond acceptors (Lipinski definition) is 5. The van der Waals surface area contributed by atoms with Crippen LogP contribution in [0.3, 0.4) is 0 Å². The van der Waals surface area contributed by atoms with Gasteiger partial charge in [-0.15, -0.1) is 0 Å². The summed E-state index contributed by atoms with van der Waals surface area (Å²) in [4.78, 5) is 0.142. The molecule has 0 bridgehead atoms. The molecule has 1 saturated heterocycles. The molecular formula is C12H15NO4S2. The average molecular weight is 301 g/mol. The van der Waals surface area contributed by atoms with Crippen LogP contribution in [0.15, 0.2) is 29.2 Å². The SMILES string of the molecule is Cc1ccc(S(=O)(=O)OCC2(C)COC(=S)N2)cc1. The second-order valence-electron chi connectivity index (χ2n) is 4.79. The van der Waals surface area contributed by atoms with Gasteiger partial charge < -0.3 is 10.1 Å². The highest BCUT2D eigenvalue weighted by Crippen LogP contribution is 2.18. The fraction of sp³-hybridized carbons (Fsp3) is 0.417. The van der Waals surface area contributed by atoms with Crippen molar-refractivity contribution in [2.24, 2.45) is 0 Å². The predicted molar refractivity (Wildman–Crippen MR) is 74.4 cm³/mol. The Labute approximate surface area is 118 Å². The van der Waals surface area contributed by atoms with Crippen molar-refractivity contribution in [3.63, 3.8) is 0 Å². The molecule has 0 aliphatic carbocycles. The summed E-state index contributed by atoms with van der Waals surface area (Å²) < 4.78 is 34.2. The molecule has 1 unspecified atom stereocenters. The standard InChI is InChI=1S/C12H15NO4S2/c1-9-3-5-10(6-4-9)19(14,15)17-8-12(2)7-16-11(18)13-12/h3-6H,7-8H2,1-2H3,(H,13,18). The Balaban J connectivity index is 2.06. The molecule has 1 atom stereocenters. The molecule has 1 N–H and O–H groups in total. The van der Waals surface area contributed by atoms with E-state index in [0.717, 1.165) is 5.56 Å². The summed E-state index contributed by atoms with van der Waals surface area (Å²) in [5.41, 5.74) is 0.372. The second kappa shape index (κ2) is 5.07. The van der Waals surface area contributed by atoms with Crippen molar-refractivity contribution in [2.45, 2.75) is 24.3 Å². The monoisotopic (exact) mass is 301 g/mol. The van der Waals surface area contributed by atoms with E-state index >= 15 is 0 Å². The van der Waals surface area contributed by atoms with E-state index in [1.54, 1.807) is 19.1 Å². The van der Waals surface area contributed by atoms with Gasteiger partial charge in [-0.1, -0.05) is 17.7 Å². The predicted octanol–water partition coefficient (Wildman–Crippen LogP) is 1.36. The van der Waals surface area contributed by atoms with Crippen molar-refractivity contribution < 1.29 is 17.3 Å². The van der Waals surface area contributed by atoms with Crippen LogP contribution < -0.4 is 5.32 Å². The first-order valence-corrected chi connectivity index (χ1v) is 7.53. The lowest BCUT2D eigenvalue weighted by molar-refractivity contribution is 0.189. The third kappa shape index (κ3) is 3.43. The van der Waals surface area contributed by atoms with Gasteiger partial charge in [0.1, 0.15) is 6.61 Å². The molecule has 5 nitrogen and oxygen atoms in total. The Morgan fingerprint density at radius 1 is 1.42 bits per heavy atom. The Morgan fingerprint density at radius 3 is 2.58 bits per heavy atom. The number of thiocarbonyl (C=S) groups is 1. The molecule has 0 saturated carbocycles. The first kappa shape index (κ1) is 14.2. The zero-order valence-corrected chi connectivity index (χ0v) is 12.3. The van der Waals surface area contributed by atoms with Gasteiger partial charge in [0.05, 0.1) is 17.0 Å². The van der Waals surface area contributed by atoms with Crippen LogP contribution in [-0.2, 0) is 19.0 Å². The molecular weight excluding hydrogens is 286 g/mol. The van der Waals surface area contributed by atoms with Crippen LogP contribution in [0.4, 0.5) is 0 Å². The van der Waals surface area contributed by atoms with E-state index < -0.39 is 15.7 Å². The van der Waals surface area contributed by atoms with E-state index in [1.807, 2.05) is 6.92 Å². The van der Waals surface area contributed by atoms with Crippen LogP contribution in [0.1, 0.15) is 12.5 Å². The highest BCUT2D eigenvalue weighted by atomic mass is 32.2. The summed E-state index contributed by atoms with van der Waals surface area (Å²) in [6.07, 6.45) is 0. The van der Waals surface area contributed by atoms with Gasteiger partial charge in [-0.05, 0) is 38.2 Å². The van der Waals surface area contributed by atoms with Crippen LogP contribution in [0.2, 0.25) is 0 Å². The maximum absolute atomic E-state index is 12.0. The minimum atomic E-state index is -3.76. The van der Waals surface area contributed by atoms with E-state index in [2.05, 4.69) is 5.32 Å². The van der Waals surface area contributed by atoms with Gasteiger partial charge in [0, 0.05) is 0 Å². The normalized spacial score (nSPS) is 22.9. The summed E-state index contributed by atoms with van der Waals surface area (Å²) >= 11 is 4.85. The third-order valence-electron chi connectivity index (χ3n) is 2.77. The third-order valence-corrected chi connectivity index (χ3v) is 4.27. The summed E-state index contributed by atoms with van der Waals surface area (Å²) in [6.45, 7) is 3.93. The molecule has 1 heterocycles. The van der Waals surface area contributed by atoms with Crippen LogP contribution in [0.5, 0.6) is 0 Å². The molecule has 1 aromatic carbocycles. The minimum absolute atomic E-state index is 0.0383. The molecule has 1 aliphatic rings. The Kier molecular flexibility index (Phi) is 3.80. The second-order valence-corrected chi connectivity index (χ2v) is 6.78. The molecule has 104 valence electrons. The highest BCUT2D eigenvalue weighted by molar-refractivity contribution is 7.86. The first-order valence-electron chi connectivity index (χ1n) is 5.72. The molecule has 0 aromatic heterocycles. The maximum atomic E-state index is 12.0. The maximum Gasteiger partial charge on any atom is 0.297 e. The van der Waals surface area contributed by atoms with Crippen molar-refractivity contribution in [1.82, 2.24) is 5.32 Å².